The van der Waals surface area contributed by atoms with Crippen LogP contribution in [-0.4, -0.2) is 50.2 Å². The van der Waals surface area contributed by atoms with E-state index in [4.69, 9.17) is 4.74 Å². The van der Waals surface area contributed by atoms with Crippen LogP contribution in [-0.2, 0) is 9.53 Å². The number of hydrogen-bond acceptors (Lipinski definition) is 3. The number of nitrogens with one attached hydrogen (secondary N) is 1. The molecule has 0 unspecified atom stereocenters. The van der Waals surface area contributed by atoms with E-state index in [1.807, 2.05) is 18.7 Å². The zero-order valence-electron chi connectivity index (χ0n) is 11.2. The Morgan fingerprint density at radius 2 is 2.06 bits per heavy atom. The summed E-state index contributed by atoms with van der Waals surface area (Å²) in [5.41, 5.74) is 0. The van der Waals surface area contributed by atoms with Crippen LogP contribution in [0.25, 0.3) is 0 Å². The standard InChI is InChI=1S/C13H26N2O2/c1-3-15(9-10-17-4-2)13(16)11-12-5-7-14-8-6-12/h12,14H,3-11H2,1-2H3. The maximum atomic E-state index is 12.1. The molecule has 1 rings (SSSR count). The minimum absolute atomic E-state index is 0.291. The maximum Gasteiger partial charge on any atom is 0.222 e. The van der Waals surface area contributed by atoms with Crippen molar-refractivity contribution >= 4 is 5.91 Å². The van der Waals surface area contributed by atoms with Crippen LogP contribution in [0, 0.1) is 5.92 Å². The summed E-state index contributed by atoms with van der Waals surface area (Å²) in [7, 11) is 0. The molecule has 4 heteroatoms. The molecule has 100 valence electrons. The molecule has 1 aliphatic heterocycles. The van der Waals surface area contributed by atoms with Gasteiger partial charge in [-0.05, 0) is 45.7 Å². The Bertz CT molecular complexity index is 215. The van der Waals surface area contributed by atoms with Gasteiger partial charge in [0.05, 0.1) is 6.61 Å². The Balaban J connectivity index is 2.26. The van der Waals surface area contributed by atoms with E-state index in [2.05, 4.69) is 5.32 Å². The highest BCUT2D eigenvalue weighted by Gasteiger charge is 2.19. The van der Waals surface area contributed by atoms with Crippen molar-refractivity contribution < 1.29 is 9.53 Å². The fraction of sp³-hybridized carbons (Fsp3) is 0.923. The number of likely N-dealkylation sites (N-methyl/N-ethyl adjacent to an activating group) is 1. The van der Waals surface area contributed by atoms with E-state index in [-0.39, 0.29) is 0 Å². The van der Waals surface area contributed by atoms with Crippen LogP contribution < -0.4 is 5.32 Å². The monoisotopic (exact) mass is 242 g/mol. The molecule has 0 aromatic carbocycles. The molecule has 1 amide bonds. The summed E-state index contributed by atoms with van der Waals surface area (Å²) in [6, 6.07) is 0. The van der Waals surface area contributed by atoms with Crippen LogP contribution in [0.15, 0.2) is 0 Å². The van der Waals surface area contributed by atoms with Gasteiger partial charge in [-0.15, -0.1) is 0 Å². The van der Waals surface area contributed by atoms with Crippen molar-refractivity contribution in [2.45, 2.75) is 33.1 Å². The third-order valence-electron chi connectivity index (χ3n) is 3.37. The first kappa shape index (κ1) is 14.5. The van der Waals surface area contributed by atoms with E-state index in [1.54, 1.807) is 0 Å². The van der Waals surface area contributed by atoms with E-state index >= 15 is 0 Å². The predicted octanol–water partition coefficient (Wildman–Crippen LogP) is 1.26. The molecular weight excluding hydrogens is 216 g/mol. The molecule has 17 heavy (non-hydrogen) atoms. The summed E-state index contributed by atoms with van der Waals surface area (Å²) in [6.07, 6.45) is 2.98. The fourth-order valence-electron chi connectivity index (χ4n) is 2.24. The number of hydrogen-bond donors (Lipinski definition) is 1. The van der Waals surface area contributed by atoms with Gasteiger partial charge in [0.1, 0.15) is 0 Å². The molecule has 0 aromatic rings. The molecule has 0 aromatic heterocycles. The minimum atomic E-state index is 0.291. The number of ether oxygens (including phenoxy) is 1. The van der Waals surface area contributed by atoms with Gasteiger partial charge in [0.2, 0.25) is 5.91 Å². The number of carbonyl (C=O) groups excluding carboxylic acids is 1. The molecule has 1 heterocycles. The van der Waals surface area contributed by atoms with E-state index in [1.165, 1.54) is 0 Å². The maximum absolute atomic E-state index is 12.1. The molecule has 0 bridgehead atoms. The van der Waals surface area contributed by atoms with Gasteiger partial charge in [0.25, 0.3) is 0 Å². The van der Waals surface area contributed by atoms with Gasteiger partial charge in [0.15, 0.2) is 0 Å². The van der Waals surface area contributed by atoms with Crippen molar-refractivity contribution in [1.82, 2.24) is 10.2 Å². The first-order valence-electron chi connectivity index (χ1n) is 6.84. The molecule has 0 spiro atoms. The number of carbonyl (C=O) groups is 1. The SMILES string of the molecule is CCOCCN(CC)C(=O)CC1CCNCC1. The van der Waals surface area contributed by atoms with Crippen LogP contribution in [0.5, 0.6) is 0 Å². The third-order valence-corrected chi connectivity index (χ3v) is 3.37. The zero-order chi connectivity index (χ0) is 12.5. The third kappa shape index (κ3) is 5.50. The largest absolute Gasteiger partial charge is 0.380 e. The second-order valence-corrected chi connectivity index (χ2v) is 4.57. The van der Waals surface area contributed by atoms with Crippen molar-refractivity contribution in [2.24, 2.45) is 5.92 Å². The zero-order valence-corrected chi connectivity index (χ0v) is 11.2. The number of piperidine rings is 1. The van der Waals surface area contributed by atoms with E-state index in [9.17, 15) is 4.79 Å². The summed E-state index contributed by atoms with van der Waals surface area (Å²) >= 11 is 0. The lowest BCUT2D eigenvalue weighted by Crippen LogP contribution is -2.37. The molecule has 0 aliphatic carbocycles. The van der Waals surface area contributed by atoms with Crippen molar-refractivity contribution in [3.8, 4) is 0 Å². The second kappa shape index (κ2) is 8.48. The number of nitrogens with zero attached hydrogens (tertiary/aromatic N) is 1. The average molecular weight is 242 g/mol. The first-order valence-corrected chi connectivity index (χ1v) is 6.84. The molecule has 1 N–H and O–H groups in total. The van der Waals surface area contributed by atoms with Gasteiger partial charge >= 0.3 is 0 Å². The molecule has 1 aliphatic rings. The topological polar surface area (TPSA) is 41.6 Å². The average Bonchev–Trinajstić information content (AvgIpc) is 2.36. The van der Waals surface area contributed by atoms with Gasteiger partial charge < -0.3 is 15.0 Å². The molecule has 0 saturated carbocycles. The van der Waals surface area contributed by atoms with Crippen molar-refractivity contribution in [1.29, 1.82) is 0 Å². The highest BCUT2D eigenvalue weighted by atomic mass is 16.5. The van der Waals surface area contributed by atoms with E-state index < -0.39 is 0 Å². The first-order chi connectivity index (χ1) is 8.27. The normalized spacial score (nSPS) is 17.1. The lowest BCUT2D eigenvalue weighted by Gasteiger charge is -2.26. The molecule has 1 fully saturated rings. The molecule has 0 radical (unpaired) electrons. The van der Waals surface area contributed by atoms with Gasteiger partial charge in [-0.25, -0.2) is 0 Å². The Labute approximate surface area is 105 Å². The van der Waals surface area contributed by atoms with Crippen LogP contribution in [0.3, 0.4) is 0 Å². The summed E-state index contributed by atoms with van der Waals surface area (Å²) < 4.78 is 5.30. The molecule has 4 nitrogen and oxygen atoms in total. The van der Waals surface area contributed by atoms with Crippen LogP contribution in [0.1, 0.15) is 33.1 Å². The summed E-state index contributed by atoms with van der Waals surface area (Å²) in [5, 5.41) is 3.33. The number of amides is 1. The smallest absolute Gasteiger partial charge is 0.222 e. The Morgan fingerprint density at radius 3 is 2.65 bits per heavy atom. The molecule has 1 saturated heterocycles. The van der Waals surface area contributed by atoms with Gasteiger partial charge in [-0.1, -0.05) is 0 Å². The van der Waals surface area contributed by atoms with Crippen molar-refractivity contribution in [3.05, 3.63) is 0 Å². The van der Waals surface area contributed by atoms with Gasteiger partial charge in [-0.3, -0.25) is 4.79 Å². The highest BCUT2D eigenvalue weighted by Crippen LogP contribution is 2.17. The minimum Gasteiger partial charge on any atom is -0.380 e. The van der Waals surface area contributed by atoms with Crippen molar-refractivity contribution in [3.63, 3.8) is 0 Å². The molecule has 0 atom stereocenters. The van der Waals surface area contributed by atoms with E-state index in [0.717, 1.165) is 45.6 Å². The van der Waals surface area contributed by atoms with Crippen LogP contribution in [0.2, 0.25) is 0 Å². The Morgan fingerprint density at radius 1 is 1.35 bits per heavy atom. The Hall–Kier alpha value is -0.610. The van der Waals surface area contributed by atoms with Gasteiger partial charge in [0, 0.05) is 26.1 Å². The lowest BCUT2D eigenvalue weighted by molar-refractivity contribution is -0.133. The predicted molar refractivity (Wildman–Crippen MR) is 69.0 cm³/mol. The number of rotatable bonds is 7. The fourth-order valence-corrected chi connectivity index (χ4v) is 2.24. The summed E-state index contributed by atoms with van der Waals surface area (Å²) in [6.45, 7) is 9.03. The molecular formula is C13H26N2O2. The van der Waals surface area contributed by atoms with Crippen LogP contribution in [0.4, 0.5) is 0 Å². The second-order valence-electron chi connectivity index (χ2n) is 4.57. The van der Waals surface area contributed by atoms with Crippen LogP contribution >= 0.6 is 0 Å². The Kier molecular flexibility index (Phi) is 7.21. The summed E-state index contributed by atoms with van der Waals surface area (Å²) in [4.78, 5) is 14.0. The lowest BCUT2D eigenvalue weighted by atomic mass is 9.94. The quantitative estimate of drug-likeness (QED) is 0.683. The summed E-state index contributed by atoms with van der Waals surface area (Å²) in [5.74, 6) is 0.865. The highest BCUT2D eigenvalue weighted by molar-refractivity contribution is 5.76. The van der Waals surface area contributed by atoms with Crippen molar-refractivity contribution in [2.75, 3.05) is 39.4 Å². The van der Waals surface area contributed by atoms with E-state index in [0.29, 0.717) is 24.9 Å². The van der Waals surface area contributed by atoms with Gasteiger partial charge in [-0.2, -0.15) is 0 Å².